The van der Waals surface area contributed by atoms with Crippen molar-refractivity contribution in [3.63, 3.8) is 0 Å². The van der Waals surface area contributed by atoms with Crippen molar-refractivity contribution in [2.45, 2.75) is 64.6 Å². The maximum absolute atomic E-state index is 12.8. The van der Waals surface area contributed by atoms with E-state index >= 15 is 0 Å². The molecule has 8 heteroatoms. The van der Waals surface area contributed by atoms with E-state index in [0.717, 1.165) is 24.0 Å². The van der Waals surface area contributed by atoms with Gasteiger partial charge in [0, 0.05) is 31.6 Å². The Kier molecular flexibility index (Phi) is 5.49. The van der Waals surface area contributed by atoms with Gasteiger partial charge in [0.15, 0.2) is 0 Å². The summed E-state index contributed by atoms with van der Waals surface area (Å²) in [6, 6.07) is 5.23. The summed E-state index contributed by atoms with van der Waals surface area (Å²) >= 11 is 0. The third-order valence-corrected chi connectivity index (χ3v) is 6.05. The van der Waals surface area contributed by atoms with Crippen molar-refractivity contribution in [3.05, 3.63) is 34.9 Å². The number of hydrogen-bond acceptors (Lipinski definition) is 5. The maximum Gasteiger partial charge on any atom is 0.410 e. The molecular weight excluding hydrogens is 398 g/mol. The SMILES string of the molecule is CC(C)(C)OC(=O)N1CCC(Cc2ccc3c(c2)CN(C2CCC(=O)NC2=O)C3=O)C1. The van der Waals surface area contributed by atoms with E-state index in [1.54, 1.807) is 9.80 Å². The number of carbonyl (C=O) groups is 4. The average molecular weight is 428 g/mol. The number of imide groups is 1. The van der Waals surface area contributed by atoms with Crippen molar-refractivity contribution in [1.29, 1.82) is 0 Å². The number of likely N-dealkylation sites (tertiary alicyclic amines) is 1. The standard InChI is InChI=1S/C23H29N3O5/c1-23(2,3)31-22(30)25-9-8-15(12-25)10-14-4-5-17-16(11-14)13-26(21(17)29)18-6-7-19(27)24-20(18)28/h4-5,11,15,18H,6-10,12-13H2,1-3H3,(H,24,27,28). The number of piperidine rings is 1. The Morgan fingerprint density at radius 1 is 1.19 bits per heavy atom. The molecule has 0 saturated carbocycles. The number of rotatable bonds is 3. The van der Waals surface area contributed by atoms with Crippen LogP contribution < -0.4 is 5.32 Å². The van der Waals surface area contributed by atoms with Crippen LogP contribution in [0.1, 0.15) is 61.5 Å². The average Bonchev–Trinajstić information content (AvgIpc) is 3.25. The number of fused-ring (bicyclic) bond motifs is 1. The molecule has 0 aromatic heterocycles. The highest BCUT2D eigenvalue weighted by Crippen LogP contribution is 2.30. The van der Waals surface area contributed by atoms with Crippen LogP contribution in [0.4, 0.5) is 4.79 Å². The third-order valence-electron chi connectivity index (χ3n) is 6.05. The number of carbonyl (C=O) groups excluding carboxylic acids is 4. The van der Waals surface area contributed by atoms with Crippen molar-refractivity contribution in [3.8, 4) is 0 Å². The minimum Gasteiger partial charge on any atom is -0.444 e. The summed E-state index contributed by atoms with van der Waals surface area (Å²) in [5, 5.41) is 2.33. The lowest BCUT2D eigenvalue weighted by Crippen LogP contribution is -2.52. The number of amides is 4. The molecular formula is C23H29N3O5. The lowest BCUT2D eigenvalue weighted by atomic mass is 9.96. The lowest BCUT2D eigenvalue weighted by molar-refractivity contribution is -0.136. The van der Waals surface area contributed by atoms with Gasteiger partial charge in [-0.25, -0.2) is 4.79 Å². The highest BCUT2D eigenvalue weighted by molar-refractivity contribution is 6.05. The Hall–Kier alpha value is -2.90. The van der Waals surface area contributed by atoms with E-state index in [2.05, 4.69) is 5.32 Å². The molecule has 2 atom stereocenters. The van der Waals surface area contributed by atoms with Gasteiger partial charge in [-0.15, -0.1) is 0 Å². The summed E-state index contributed by atoms with van der Waals surface area (Å²) in [5.41, 5.74) is 2.15. The molecule has 8 nitrogen and oxygen atoms in total. The van der Waals surface area contributed by atoms with E-state index in [9.17, 15) is 19.2 Å². The number of hydrogen-bond donors (Lipinski definition) is 1. The molecule has 4 amide bonds. The van der Waals surface area contributed by atoms with E-state index in [-0.39, 0.29) is 24.3 Å². The smallest absolute Gasteiger partial charge is 0.410 e. The van der Waals surface area contributed by atoms with Gasteiger partial charge in [-0.05, 0) is 63.1 Å². The minimum absolute atomic E-state index is 0.159. The number of ether oxygens (including phenoxy) is 1. The molecule has 3 heterocycles. The minimum atomic E-state index is -0.599. The second kappa shape index (κ2) is 7.98. The van der Waals surface area contributed by atoms with Crippen LogP contribution in [0.15, 0.2) is 18.2 Å². The molecule has 3 aliphatic heterocycles. The highest BCUT2D eigenvalue weighted by atomic mass is 16.6. The van der Waals surface area contributed by atoms with Crippen LogP contribution in [-0.4, -0.2) is 58.3 Å². The summed E-state index contributed by atoms with van der Waals surface area (Å²) < 4.78 is 5.47. The molecule has 4 rings (SSSR count). The van der Waals surface area contributed by atoms with Crippen molar-refractivity contribution in [1.82, 2.24) is 15.1 Å². The van der Waals surface area contributed by atoms with Gasteiger partial charge in [0.25, 0.3) is 5.91 Å². The summed E-state index contributed by atoms with van der Waals surface area (Å²) in [7, 11) is 0. The fourth-order valence-electron chi connectivity index (χ4n) is 4.58. The van der Waals surface area contributed by atoms with E-state index in [4.69, 9.17) is 4.74 Å². The first-order valence-electron chi connectivity index (χ1n) is 10.8. The van der Waals surface area contributed by atoms with Crippen LogP contribution in [0.3, 0.4) is 0 Å². The molecule has 0 aliphatic carbocycles. The number of nitrogens with zero attached hydrogens (tertiary/aromatic N) is 2. The van der Waals surface area contributed by atoms with Crippen molar-refractivity contribution in [2.24, 2.45) is 5.92 Å². The lowest BCUT2D eigenvalue weighted by Gasteiger charge is -2.29. The quantitative estimate of drug-likeness (QED) is 0.747. The van der Waals surface area contributed by atoms with Gasteiger partial charge in [-0.2, -0.15) is 0 Å². The van der Waals surface area contributed by atoms with Crippen LogP contribution in [0.2, 0.25) is 0 Å². The van der Waals surface area contributed by atoms with Crippen LogP contribution in [-0.2, 0) is 27.3 Å². The molecule has 0 spiro atoms. The van der Waals surface area contributed by atoms with E-state index in [1.165, 1.54) is 0 Å². The maximum atomic E-state index is 12.8. The molecule has 1 N–H and O–H groups in total. The molecule has 2 fully saturated rings. The zero-order valence-electron chi connectivity index (χ0n) is 18.3. The zero-order chi connectivity index (χ0) is 22.3. The monoisotopic (exact) mass is 427 g/mol. The van der Waals surface area contributed by atoms with Gasteiger partial charge in [-0.1, -0.05) is 12.1 Å². The molecule has 2 unspecified atom stereocenters. The largest absolute Gasteiger partial charge is 0.444 e. The zero-order valence-corrected chi connectivity index (χ0v) is 18.3. The first-order chi connectivity index (χ1) is 14.6. The Balaban J connectivity index is 1.38. The Bertz CT molecular complexity index is 936. The van der Waals surface area contributed by atoms with Gasteiger partial charge in [0.2, 0.25) is 11.8 Å². The fourth-order valence-corrected chi connectivity index (χ4v) is 4.58. The Morgan fingerprint density at radius 2 is 1.97 bits per heavy atom. The molecule has 0 radical (unpaired) electrons. The summed E-state index contributed by atoms with van der Waals surface area (Å²) in [4.78, 5) is 52.0. The third kappa shape index (κ3) is 4.57. The van der Waals surface area contributed by atoms with E-state index < -0.39 is 17.6 Å². The van der Waals surface area contributed by atoms with Crippen molar-refractivity contribution < 1.29 is 23.9 Å². The summed E-state index contributed by atoms with van der Waals surface area (Å²) in [6.07, 6.45) is 2.07. The van der Waals surface area contributed by atoms with Gasteiger partial charge >= 0.3 is 6.09 Å². The summed E-state index contributed by atoms with van der Waals surface area (Å²) in [5.74, 6) is -0.502. The van der Waals surface area contributed by atoms with E-state index in [0.29, 0.717) is 37.5 Å². The number of benzene rings is 1. The first-order valence-corrected chi connectivity index (χ1v) is 10.8. The second-order valence-electron chi connectivity index (χ2n) is 9.68. The van der Waals surface area contributed by atoms with Gasteiger partial charge < -0.3 is 14.5 Å². The predicted octanol–water partition coefficient (Wildman–Crippen LogP) is 2.25. The van der Waals surface area contributed by atoms with E-state index in [1.807, 2.05) is 39.0 Å². The fraction of sp³-hybridized carbons (Fsp3) is 0.565. The summed E-state index contributed by atoms with van der Waals surface area (Å²) in [6.45, 7) is 7.32. The normalized spacial score (nSPS) is 23.8. The first kappa shape index (κ1) is 21.3. The molecule has 2 saturated heterocycles. The van der Waals surface area contributed by atoms with Gasteiger partial charge in [-0.3, -0.25) is 19.7 Å². The Labute approximate surface area is 181 Å². The molecule has 3 aliphatic rings. The number of nitrogens with one attached hydrogen (secondary N) is 1. The molecule has 1 aromatic rings. The van der Waals surface area contributed by atoms with Crippen LogP contribution in [0.5, 0.6) is 0 Å². The van der Waals surface area contributed by atoms with Crippen LogP contribution in [0, 0.1) is 5.92 Å². The second-order valence-corrected chi connectivity index (χ2v) is 9.68. The molecule has 166 valence electrons. The van der Waals surface area contributed by atoms with Gasteiger partial charge in [0.1, 0.15) is 11.6 Å². The highest BCUT2D eigenvalue weighted by Gasteiger charge is 2.39. The molecule has 1 aromatic carbocycles. The van der Waals surface area contributed by atoms with Crippen LogP contribution >= 0.6 is 0 Å². The molecule has 0 bridgehead atoms. The Morgan fingerprint density at radius 3 is 2.68 bits per heavy atom. The molecule has 31 heavy (non-hydrogen) atoms. The predicted molar refractivity (Wildman–Crippen MR) is 112 cm³/mol. The topological polar surface area (TPSA) is 96.0 Å². The van der Waals surface area contributed by atoms with Gasteiger partial charge in [0.05, 0.1) is 0 Å². The van der Waals surface area contributed by atoms with Crippen molar-refractivity contribution >= 4 is 23.8 Å². The van der Waals surface area contributed by atoms with Crippen molar-refractivity contribution in [2.75, 3.05) is 13.1 Å². The van der Waals surface area contributed by atoms with Crippen LogP contribution in [0.25, 0.3) is 0 Å².